The Kier molecular flexibility index (Phi) is 5.81. The van der Waals surface area contributed by atoms with Crippen LogP contribution >= 0.6 is 15.9 Å². The molecule has 0 fully saturated rings. The van der Waals surface area contributed by atoms with Crippen LogP contribution < -0.4 is 4.74 Å². The molecule has 1 heterocycles. The van der Waals surface area contributed by atoms with E-state index in [4.69, 9.17) is 4.74 Å². The number of hydrogen-bond acceptors (Lipinski definition) is 3. The second-order valence-electron chi connectivity index (χ2n) is 6.95. The van der Waals surface area contributed by atoms with Gasteiger partial charge in [-0.25, -0.2) is 4.39 Å². The van der Waals surface area contributed by atoms with E-state index < -0.39 is 5.92 Å². The van der Waals surface area contributed by atoms with Crippen LogP contribution in [-0.4, -0.2) is 16.5 Å². The molecule has 7 heteroatoms. The SMILES string of the molecule is O=[N+]([O-])C[C@H](c1cc(Br)ccc1OCc1ccc(F)cc1)c1c[nH]c2ccccc12. The van der Waals surface area contributed by atoms with Crippen LogP contribution in [0, 0.1) is 15.9 Å². The first-order valence-electron chi connectivity index (χ1n) is 9.36. The topological polar surface area (TPSA) is 68.2 Å². The first-order valence-corrected chi connectivity index (χ1v) is 10.1. The maximum absolute atomic E-state index is 13.2. The summed E-state index contributed by atoms with van der Waals surface area (Å²) in [6.45, 7) is -0.0425. The summed E-state index contributed by atoms with van der Waals surface area (Å²) in [7, 11) is 0. The van der Waals surface area contributed by atoms with Gasteiger partial charge in [-0.2, -0.15) is 0 Å². The van der Waals surface area contributed by atoms with Crippen LogP contribution in [0.15, 0.2) is 77.4 Å². The highest BCUT2D eigenvalue weighted by Crippen LogP contribution is 2.37. The number of benzene rings is 3. The lowest BCUT2D eigenvalue weighted by Gasteiger charge is -2.18. The molecule has 1 N–H and O–H groups in total. The normalized spacial score (nSPS) is 12.1. The van der Waals surface area contributed by atoms with Crippen molar-refractivity contribution >= 4 is 26.8 Å². The van der Waals surface area contributed by atoms with Crippen LogP contribution in [0.3, 0.4) is 0 Å². The van der Waals surface area contributed by atoms with E-state index in [2.05, 4.69) is 20.9 Å². The van der Waals surface area contributed by atoms with Gasteiger partial charge < -0.3 is 9.72 Å². The number of nitrogens with one attached hydrogen (secondary N) is 1. The molecular formula is C23H18BrFN2O3. The van der Waals surface area contributed by atoms with Crippen molar-refractivity contribution < 1.29 is 14.1 Å². The first-order chi connectivity index (χ1) is 14.5. The van der Waals surface area contributed by atoms with Crippen molar-refractivity contribution in [2.75, 3.05) is 6.54 Å². The van der Waals surface area contributed by atoms with E-state index in [-0.39, 0.29) is 23.9 Å². The summed E-state index contributed by atoms with van der Waals surface area (Å²) in [5.74, 6) is -0.259. The minimum atomic E-state index is -0.503. The summed E-state index contributed by atoms with van der Waals surface area (Å²) < 4.78 is 20.0. The van der Waals surface area contributed by atoms with Crippen LogP contribution in [0.25, 0.3) is 10.9 Å². The van der Waals surface area contributed by atoms with Crippen molar-refractivity contribution in [3.63, 3.8) is 0 Å². The van der Waals surface area contributed by atoms with Crippen LogP contribution in [-0.2, 0) is 6.61 Å². The standard InChI is InChI=1S/C23H18BrFN2O3/c24-16-7-10-23(30-14-15-5-8-17(25)9-6-15)19(11-16)21(13-27(28)29)20-12-26-22-4-2-1-3-18(20)22/h1-12,21,26H,13-14H2/t21-/m1/s1. The Bertz CT molecular complexity index is 1190. The van der Waals surface area contributed by atoms with Crippen molar-refractivity contribution in [2.24, 2.45) is 0 Å². The van der Waals surface area contributed by atoms with Crippen molar-refractivity contribution in [2.45, 2.75) is 12.5 Å². The third kappa shape index (κ3) is 4.36. The first kappa shape index (κ1) is 20.1. The second-order valence-corrected chi connectivity index (χ2v) is 7.87. The zero-order valence-electron chi connectivity index (χ0n) is 15.8. The second kappa shape index (κ2) is 8.67. The molecule has 0 radical (unpaired) electrons. The molecule has 0 saturated carbocycles. The quantitative estimate of drug-likeness (QED) is 0.264. The maximum Gasteiger partial charge on any atom is 0.214 e. The molecule has 30 heavy (non-hydrogen) atoms. The summed E-state index contributed by atoms with van der Waals surface area (Å²) in [4.78, 5) is 14.4. The summed E-state index contributed by atoms with van der Waals surface area (Å²) in [6, 6.07) is 19.3. The summed E-state index contributed by atoms with van der Waals surface area (Å²) in [6.07, 6.45) is 1.82. The molecule has 0 aliphatic rings. The van der Waals surface area contributed by atoms with Crippen molar-refractivity contribution in [1.82, 2.24) is 4.98 Å². The fourth-order valence-electron chi connectivity index (χ4n) is 3.56. The number of halogens is 2. The van der Waals surface area contributed by atoms with Crippen molar-refractivity contribution in [3.05, 3.63) is 110 Å². The van der Waals surface area contributed by atoms with Crippen LogP contribution in [0.2, 0.25) is 0 Å². The number of ether oxygens (including phenoxy) is 1. The van der Waals surface area contributed by atoms with E-state index in [1.165, 1.54) is 12.1 Å². The molecule has 152 valence electrons. The van der Waals surface area contributed by atoms with Gasteiger partial charge in [-0.15, -0.1) is 0 Å². The van der Waals surface area contributed by atoms with E-state index in [1.807, 2.05) is 42.6 Å². The third-order valence-electron chi connectivity index (χ3n) is 4.98. The van der Waals surface area contributed by atoms with Gasteiger partial charge in [0.15, 0.2) is 0 Å². The van der Waals surface area contributed by atoms with Gasteiger partial charge in [0.1, 0.15) is 18.2 Å². The van der Waals surface area contributed by atoms with E-state index >= 15 is 0 Å². The highest BCUT2D eigenvalue weighted by molar-refractivity contribution is 9.10. The number of rotatable bonds is 7. The lowest BCUT2D eigenvalue weighted by atomic mass is 9.90. The van der Waals surface area contributed by atoms with Crippen molar-refractivity contribution in [1.29, 1.82) is 0 Å². The highest BCUT2D eigenvalue weighted by atomic mass is 79.9. The number of H-pyrrole nitrogens is 1. The number of aromatic nitrogens is 1. The van der Waals surface area contributed by atoms with Gasteiger partial charge in [0.2, 0.25) is 6.54 Å². The molecule has 4 rings (SSSR count). The van der Waals surface area contributed by atoms with Gasteiger partial charge in [-0.1, -0.05) is 46.3 Å². The molecule has 5 nitrogen and oxygen atoms in total. The highest BCUT2D eigenvalue weighted by Gasteiger charge is 2.26. The number of nitrogens with zero attached hydrogens (tertiary/aromatic N) is 1. The summed E-state index contributed by atoms with van der Waals surface area (Å²) in [5.41, 5.74) is 3.28. The smallest absolute Gasteiger partial charge is 0.214 e. The van der Waals surface area contributed by atoms with Crippen LogP contribution in [0.4, 0.5) is 4.39 Å². The molecule has 0 bridgehead atoms. The van der Waals surface area contributed by atoms with E-state index in [0.717, 1.165) is 26.5 Å². The number of nitro groups is 1. The minimum absolute atomic E-state index is 0.230. The van der Waals surface area contributed by atoms with E-state index in [0.29, 0.717) is 11.3 Å². The van der Waals surface area contributed by atoms with Gasteiger partial charge in [-0.3, -0.25) is 10.1 Å². The molecule has 0 saturated heterocycles. The Morgan fingerprint density at radius 3 is 2.60 bits per heavy atom. The summed E-state index contributed by atoms with van der Waals surface area (Å²) >= 11 is 3.47. The van der Waals surface area contributed by atoms with Gasteiger partial charge in [0.25, 0.3) is 0 Å². The molecule has 0 aliphatic heterocycles. The third-order valence-corrected chi connectivity index (χ3v) is 5.48. The minimum Gasteiger partial charge on any atom is -0.489 e. The predicted molar refractivity (Wildman–Crippen MR) is 117 cm³/mol. The fraction of sp³-hybridized carbons (Fsp3) is 0.130. The van der Waals surface area contributed by atoms with Gasteiger partial charge in [0.05, 0.1) is 5.92 Å². The lowest BCUT2D eigenvalue weighted by molar-refractivity contribution is -0.481. The van der Waals surface area contributed by atoms with Gasteiger partial charge in [0, 0.05) is 32.1 Å². The molecule has 3 aromatic carbocycles. The molecule has 0 amide bonds. The molecule has 1 atom stereocenters. The molecule has 0 unspecified atom stereocenters. The molecule has 0 aliphatic carbocycles. The maximum atomic E-state index is 13.2. The molecule has 0 spiro atoms. The van der Waals surface area contributed by atoms with Gasteiger partial charge in [-0.05, 0) is 47.5 Å². The van der Waals surface area contributed by atoms with E-state index in [9.17, 15) is 14.5 Å². The van der Waals surface area contributed by atoms with Crippen LogP contribution in [0.5, 0.6) is 5.75 Å². The Morgan fingerprint density at radius 2 is 1.83 bits per heavy atom. The van der Waals surface area contributed by atoms with Gasteiger partial charge >= 0.3 is 0 Å². The molecule has 1 aromatic heterocycles. The molecule has 4 aromatic rings. The zero-order valence-corrected chi connectivity index (χ0v) is 17.4. The fourth-order valence-corrected chi connectivity index (χ4v) is 3.94. The Labute approximate surface area is 180 Å². The average Bonchev–Trinajstić information content (AvgIpc) is 3.16. The number of para-hydroxylation sites is 1. The zero-order chi connectivity index (χ0) is 21.1. The summed E-state index contributed by atoms with van der Waals surface area (Å²) in [5, 5.41) is 12.5. The number of aromatic amines is 1. The van der Waals surface area contributed by atoms with Crippen LogP contribution in [0.1, 0.15) is 22.6 Å². The number of hydrogen-bond donors (Lipinski definition) is 1. The predicted octanol–water partition coefficient (Wildman–Crippen LogP) is 6.06. The Morgan fingerprint density at radius 1 is 1.07 bits per heavy atom. The number of fused-ring (bicyclic) bond motifs is 1. The lowest BCUT2D eigenvalue weighted by Crippen LogP contribution is -2.15. The molecular weight excluding hydrogens is 451 g/mol. The average molecular weight is 469 g/mol. The van der Waals surface area contributed by atoms with Crippen molar-refractivity contribution in [3.8, 4) is 5.75 Å². The Hall–Kier alpha value is -3.19. The van der Waals surface area contributed by atoms with E-state index in [1.54, 1.807) is 18.2 Å². The largest absolute Gasteiger partial charge is 0.489 e. The Balaban J connectivity index is 1.73. The monoisotopic (exact) mass is 468 g/mol.